The first kappa shape index (κ1) is 18.2. The lowest BCUT2D eigenvalue weighted by Gasteiger charge is -2.32. The van der Waals surface area contributed by atoms with Crippen molar-refractivity contribution in [2.24, 2.45) is 19.8 Å². The number of aryl methyl sites for hydroxylation is 1. The van der Waals surface area contributed by atoms with Crippen molar-refractivity contribution in [1.82, 2.24) is 18.7 Å². The van der Waals surface area contributed by atoms with Crippen LogP contribution < -0.4 is 21.9 Å². The van der Waals surface area contributed by atoms with Gasteiger partial charge in [-0.2, -0.15) is 4.98 Å². The molecular weight excluding hydrogens is 388 g/mol. The average molecular weight is 413 g/mol. The highest BCUT2D eigenvalue weighted by molar-refractivity contribution is 9.09. The Hall–Kier alpha value is -1.61. The summed E-state index contributed by atoms with van der Waals surface area (Å²) >= 11 is 3.66. The Morgan fingerprint density at radius 2 is 2.04 bits per heavy atom. The van der Waals surface area contributed by atoms with E-state index in [0.29, 0.717) is 24.3 Å². The van der Waals surface area contributed by atoms with E-state index < -0.39 is 0 Å². The van der Waals surface area contributed by atoms with E-state index in [0.717, 1.165) is 36.3 Å². The van der Waals surface area contributed by atoms with Crippen molar-refractivity contribution in [1.29, 1.82) is 0 Å². The van der Waals surface area contributed by atoms with Crippen LogP contribution in [0.1, 0.15) is 26.2 Å². The van der Waals surface area contributed by atoms with Crippen LogP contribution >= 0.6 is 15.9 Å². The molecule has 3 heterocycles. The van der Waals surface area contributed by atoms with Crippen LogP contribution in [0.5, 0.6) is 0 Å². The smallest absolute Gasteiger partial charge is 0.332 e. The molecule has 0 aliphatic carbocycles. The first-order chi connectivity index (χ1) is 11.8. The molecule has 2 atom stereocenters. The number of hydrogen-bond acceptors (Lipinski definition) is 5. The zero-order valence-corrected chi connectivity index (χ0v) is 16.5. The molecule has 1 aliphatic heterocycles. The highest BCUT2D eigenvalue weighted by atomic mass is 79.9. The molecule has 0 aromatic carbocycles. The van der Waals surface area contributed by atoms with E-state index in [1.807, 2.05) is 4.57 Å². The van der Waals surface area contributed by atoms with E-state index in [-0.39, 0.29) is 22.1 Å². The number of alkyl halides is 1. The number of fused-ring (bicyclic) bond motifs is 1. The van der Waals surface area contributed by atoms with Gasteiger partial charge in [0.25, 0.3) is 5.56 Å². The predicted octanol–water partition coefficient (Wildman–Crippen LogP) is 0.535. The summed E-state index contributed by atoms with van der Waals surface area (Å²) in [4.78, 5) is 32.1. The molecule has 3 rings (SSSR count). The van der Waals surface area contributed by atoms with Gasteiger partial charge in [0.1, 0.15) is 0 Å². The third kappa shape index (κ3) is 3.15. The van der Waals surface area contributed by atoms with Gasteiger partial charge in [-0.05, 0) is 19.3 Å². The van der Waals surface area contributed by atoms with Crippen molar-refractivity contribution in [2.75, 3.05) is 18.0 Å². The van der Waals surface area contributed by atoms with Crippen molar-refractivity contribution >= 4 is 33.0 Å². The first-order valence-electron chi connectivity index (χ1n) is 8.66. The summed E-state index contributed by atoms with van der Waals surface area (Å²) in [6.45, 7) is 4.26. The Kier molecular flexibility index (Phi) is 5.06. The number of aromatic nitrogens is 4. The SMILES string of the molecule is CCC(Br)Cn1c(N2CCCC(N)C2)nc2c1c(=O)n(C)c(=O)n2C. The minimum Gasteiger partial charge on any atom is -0.341 e. The molecule has 2 unspecified atom stereocenters. The van der Waals surface area contributed by atoms with Gasteiger partial charge < -0.3 is 15.2 Å². The minimum atomic E-state index is -0.366. The van der Waals surface area contributed by atoms with Crippen LogP contribution in [-0.2, 0) is 20.6 Å². The van der Waals surface area contributed by atoms with Crippen LogP contribution in [0.3, 0.4) is 0 Å². The fourth-order valence-electron chi connectivity index (χ4n) is 3.37. The number of anilines is 1. The summed E-state index contributed by atoms with van der Waals surface area (Å²) < 4.78 is 4.52. The van der Waals surface area contributed by atoms with Gasteiger partial charge in [-0.15, -0.1) is 0 Å². The van der Waals surface area contributed by atoms with E-state index in [2.05, 4.69) is 32.7 Å². The molecule has 1 saturated heterocycles. The van der Waals surface area contributed by atoms with E-state index in [1.54, 1.807) is 7.05 Å². The van der Waals surface area contributed by atoms with E-state index in [4.69, 9.17) is 5.73 Å². The predicted molar refractivity (Wildman–Crippen MR) is 103 cm³/mol. The normalized spacial score (nSPS) is 19.6. The van der Waals surface area contributed by atoms with Crippen molar-refractivity contribution in [2.45, 2.75) is 43.6 Å². The number of rotatable bonds is 4. The molecule has 138 valence electrons. The highest BCUT2D eigenvalue weighted by Crippen LogP contribution is 2.24. The molecule has 0 bridgehead atoms. The molecule has 2 aromatic heterocycles. The lowest BCUT2D eigenvalue weighted by atomic mass is 10.1. The summed E-state index contributed by atoms with van der Waals surface area (Å²) in [5.74, 6) is 0.723. The number of halogens is 1. The molecule has 1 aliphatic rings. The summed E-state index contributed by atoms with van der Waals surface area (Å²) in [5.41, 5.74) is 6.35. The third-order valence-electron chi connectivity index (χ3n) is 4.89. The number of piperidine rings is 1. The summed E-state index contributed by atoms with van der Waals surface area (Å²) in [6, 6.07) is 0.0969. The molecule has 1 fully saturated rings. The second kappa shape index (κ2) is 6.95. The topological polar surface area (TPSA) is 91.1 Å². The maximum Gasteiger partial charge on any atom is 0.332 e. The molecule has 0 radical (unpaired) electrons. The Labute approximate surface area is 154 Å². The second-order valence-electron chi connectivity index (χ2n) is 6.75. The largest absolute Gasteiger partial charge is 0.341 e. The van der Waals surface area contributed by atoms with Crippen molar-refractivity contribution < 1.29 is 0 Å². The monoisotopic (exact) mass is 412 g/mol. The van der Waals surface area contributed by atoms with E-state index in [9.17, 15) is 9.59 Å². The van der Waals surface area contributed by atoms with Crippen LogP contribution in [-0.4, -0.2) is 42.6 Å². The van der Waals surface area contributed by atoms with Gasteiger partial charge in [0.05, 0.1) is 0 Å². The molecule has 8 nitrogen and oxygen atoms in total. The van der Waals surface area contributed by atoms with Gasteiger partial charge in [-0.3, -0.25) is 13.9 Å². The van der Waals surface area contributed by atoms with E-state index >= 15 is 0 Å². The summed E-state index contributed by atoms with van der Waals surface area (Å²) in [7, 11) is 3.15. The van der Waals surface area contributed by atoms with Crippen molar-refractivity contribution in [3.05, 3.63) is 20.8 Å². The van der Waals surface area contributed by atoms with Crippen LogP contribution in [0.4, 0.5) is 5.95 Å². The number of hydrogen-bond donors (Lipinski definition) is 1. The summed E-state index contributed by atoms with van der Waals surface area (Å²) in [6.07, 6.45) is 2.91. The van der Waals surface area contributed by atoms with Crippen LogP contribution in [0.25, 0.3) is 11.2 Å². The van der Waals surface area contributed by atoms with Crippen LogP contribution in [0, 0.1) is 0 Å². The van der Waals surface area contributed by atoms with Gasteiger partial charge in [-0.1, -0.05) is 22.9 Å². The molecule has 2 aromatic rings. The van der Waals surface area contributed by atoms with Gasteiger partial charge in [0.15, 0.2) is 11.2 Å². The van der Waals surface area contributed by atoms with Crippen LogP contribution in [0.2, 0.25) is 0 Å². The fraction of sp³-hybridized carbons (Fsp3) is 0.688. The number of nitrogens with zero attached hydrogens (tertiary/aromatic N) is 5. The van der Waals surface area contributed by atoms with E-state index in [1.165, 1.54) is 11.6 Å². The Balaban J connectivity index is 2.26. The lowest BCUT2D eigenvalue weighted by molar-refractivity contribution is 0.492. The maximum absolute atomic E-state index is 12.8. The molecular formula is C16H25BrN6O2. The fourth-order valence-corrected chi connectivity index (χ4v) is 3.66. The Morgan fingerprint density at radius 1 is 1.32 bits per heavy atom. The van der Waals surface area contributed by atoms with Gasteiger partial charge in [0.2, 0.25) is 5.95 Å². The zero-order chi connectivity index (χ0) is 18.3. The Bertz CT molecular complexity index is 899. The van der Waals surface area contributed by atoms with Gasteiger partial charge in [-0.25, -0.2) is 4.79 Å². The van der Waals surface area contributed by atoms with Gasteiger partial charge >= 0.3 is 5.69 Å². The highest BCUT2D eigenvalue weighted by Gasteiger charge is 2.26. The molecule has 9 heteroatoms. The lowest BCUT2D eigenvalue weighted by Crippen LogP contribution is -2.44. The second-order valence-corrected chi connectivity index (χ2v) is 8.05. The molecule has 0 spiro atoms. The molecule has 25 heavy (non-hydrogen) atoms. The first-order valence-corrected chi connectivity index (χ1v) is 9.57. The average Bonchev–Trinajstić information content (AvgIpc) is 2.97. The Morgan fingerprint density at radius 3 is 2.68 bits per heavy atom. The standard InChI is InChI=1S/C16H25BrN6O2/c1-4-10(17)8-23-12-13(20(2)16(25)21(3)14(12)24)19-15(23)22-7-5-6-11(18)9-22/h10-11H,4-9,18H2,1-3H3. The maximum atomic E-state index is 12.8. The van der Waals surface area contributed by atoms with Crippen molar-refractivity contribution in [3.8, 4) is 0 Å². The summed E-state index contributed by atoms with van der Waals surface area (Å²) in [5, 5.41) is 0. The van der Waals surface area contributed by atoms with Crippen LogP contribution in [0.15, 0.2) is 9.59 Å². The number of imidazole rings is 1. The minimum absolute atomic E-state index is 0.0969. The van der Waals surface area contributed by atoms with Gasteiger partial charge in [0, 0.05) is 44.6 Å². The van der Waals surface area contributed by atoms with Crippen molar-refractivity contribution in [3.63, 3.8) is 0 Å². The number of nitrogens with two attached hydrogens (primary N) is 1. The zero-order valence-electron chi connectivity index (χ0n) is 14.9. The molecule has 0 amide bonds. The molecule has 0 saturated carbocycles. The molecule has 2 N–H and O–H groups in total. The quantitative estimate of drug-likeness (QED) is 0.739. The third-order valence-corrected chi connectivity index (χ3v) is 5.83.